The summed E-state index contributed by atoms with van der Waals surface area (Å²) in [5.74, 6) is 0.0574. The van der Waals surface area contributed by atoms with E-state index in [-0.39, 0.29) is 18.1 Å². The molecule has 1 unspecified atom stereocenters. The number of amides is 1. The Kier molecular flexibility index (Phi) is 5.15. The molecule has 0 radical (unpaired) electrons. The van der Waals surface area contributed by atoms with E-state index in [1.165, 1.54) is 5.56 Å². The van der Waals surface area contributed by atoms with Gasteiger partial charge in [-0.05, 0) is 32.3 Å². The third-order valence-electron chi connectivity index (χ3n) is 4.01. The van der Waals surface area contributed by atoms with Crippen molar-refractivity contribution in [3.8, 4) is 0 Å². The lowest BCUT2D eigenvalue weighted by atomic mass is 10.1. The first-order valence-electron chi connectivity index (χ1n) is 7.31. The zero-order chi connectivity index (χ0) is 14.5. The summed E-state index contributed by atoms with van der Waals surface area (Å²) >= 11 is 0. The Labute approximate surface area is 120 Å². The van der Waals surface area contributed by atoms with Gasteiger partial charge in [-0.15, -0.1) is 0 Å². The van der Waals surface area contributed by atoms with E-state index >= 15 is 0 Å². The molecule has 2 rings (SSSR count). The number of hydrogen-bond donors (Lipinski definition) is 2. The van der Waals surface area contributed by atoms with Crippen LogP contribution in [0.4, 0.5) is 0 Å². The maximum Gasteiger partial charge on any atom is 0.237 e. The largest absolute Gasteiger partial charge is 0.393 e. The van der Waals surface area contributed by atoms with Crippen molar-refractivity contribution in [2.45, 2.75) is 45.4 Å². The van der Waals surface area contributed by atoms with Gasteiger partial charge in [0.1, 0.15) is 0 Å². The fraction of sp³-hybridized carbons (Fsp3) is 0.562. The van der Waals surface area contributed by atoms with Crippen molar-refractivity contribution in [1.82, 2.24) is 10.2 Å². The number of benzene rings is 1. The maximum absolute atomic E-state index is 12.1. The smallest absolute Gasteiger partial charge is 0.237 e. The number of aliphatic hydroxyl groups is 1. The van der Waals surface area contributed by atoms with Crippen molar-refractivity contribution in [2.24, 2.45) is 0 Å². The molecule has 1 aliphatic rings. The Balaban J connectivity index is 1.80. The number of carbonyl (C=O) groups is 1. The van der Waals surface area contributed by atoms with Crippen LogP contribution in [0, 0.1) is 6.92 Å². The highest BCUT2D eigenvalue weighted by Crippen LogP contribution is 2.13. The van der Waals surface area contributed by atoms with Crippen molar-refractivity contribution in [3.05, 3.63) is 35.4 Å². The number of piperidine rings is 1. The molecule has 1 aromatic rings. The highest BCUT2D eigenvalue weighted by atomic mass is 16.3. The van der Waals surface area contributed by atoms with E-state index in [0.717, 1.165) is 31.5 Å². The highest BCUT2D eigenvalue weighted by Gasteiger charge is 2.25. The van der Waals surface area contributed by atoms with E-state index in [4.69, 9.17) is 0 Å². The molecule has 20 heavy (non-hydrogen) atoms. The monoisotopic (exact) mass is 276 g/mol. The van der Waals surface area contributed by atoms with E-state index in [1.807, 2.05) is 19.1 Å². The van der Waals surface area contributed by atoms with Gasteiger partial charge < -0.3 is 10.4 Å². The number of nitrogens with one attached hydrogen (secondary N) is 1. The van der Waals surface area contributed by atoms with E-state index in [9.17, 15) is 9.90 Å². The van der Waals surface area contributed by atoms with Crippen LogP contribution in [-0.4, -0.2) is 41.1 Å². The molecule has 0 aliphatic carbocycles. The molecule has 0 aromatic heterocycles. The second-order valence-electron chi connectivity index (χ2n) is 5.65. The van der Waals surface area contributed by atoms with Crippen LogP contribution in [0.25, 0.3) is 0 Å². The number of aryl methyl sites for hydroxylation is 1. The molecule has 1 atom stereocenters. The normalized spacial score (nSPS) is 18.8. The number of aliphatic hydroxyl groups excluding tert-OH is 1. The van der Waals surface area contributed by atoms with Gasteiger partial charge in [-0.25, -0.2) is 0 Å². The lowest BCUT2D eigenvalue weighted by Gasteiger charge is -2.33. The molecule has 110 valence electrons. The van der Waals surface area contributed by atoms with Crippen LogP contribution in [0.1, 0.15) is 30.9 Å². The summed E-state index contributed by atoms with van der Waals surface area (Å²) in [5.41, 5.74) is 2.34. The predicted octanol–water partition coefficient (Wildman–Crippen LogP) is 1.46. The second kappa shape index (κ2) is 6.86. The Morgan fingerprint density at radius 3 is 2.55 bits per heavy atom. The molecule has 1 fully saturated rings. The summed E-state index contributed by atoms with van der Waals surface area (Å²) in [5, 5.41) is 12.5. The van der Waals surface area contributed by atoms with Crippen molar-refractivity contribution >= 4 is 5.91 Å². The molecule has 1 aromatic carbocycles. The van der Waals surface area contributed by atoms with Gasteiger partial charge in [0, 0.05) is 19.6 Å². The Morgan fingerprint density at radius 1 is 1.35 bits per heavy atom. The molecule has 1 saturated heterocycles. The molecular weight excluding hydrogens is 252 g/mol. The van der Waals surface area contributed by atoms with Gasteiger partial charge >= 0.3 is 0 Å². The van der Waals surface area contributed by atoms with E-state index in [0.29, 0.717) is 6.54 Å². The SMILES string of the molecule is Cc1ccc(CNC(=O)C(C)N2CCC(O)CC2)cc1. The van der Waals surface area contributed by atoms with Gasteiger partial charge in [0.15, 0.2) is 0 Å². The van der Waals surface area contributed by atoms with Crippen LogP contribution in [0.2, 0.25) is 0 Å². The minimum absolute atomic E-state index is 0.0574. The lowest BCUT2D eigenvalue weighted by Crippen LogP contribution is -2.48. The molecule has 1 amide bonds. The highest BCUT2D eigenvalue weighted by molar-refractivity contribution is 5.81. The second-order valence-corrected chi connectivity index (χ2v) is 5.65. The topological polar surface area (TPSA) is 52.6 Å². The van der Waals surface area contributed by atoms with Crippen molar-refractivity contribution in [1.29, 1.82) is 0 Å². The number of rotatable bonds is 4. The average Bonchev–Trinajstić information content (AvgIpc) is 2.46. The summed E-state index contributed by atoms with van der Waals surface area (Å²) in [6.07, 6.45) is 1.32. The molecule has 0 bridgehead atoms. The van der Waals surface area contributed by atoms with E-state index < -0.39 is 0 Å². The third kappa shape index (κ3) is 4.05. The lowest BCUT2D eigenvalue weighted by molar-refractivity contribution is -0.126. The molecule has 0 spiro atoms. The summed E-state index contributed by atoms with van der Waals surface area (Å²) in [6, 6.07) is 8.05. The number of nitrogens with zero attached hydrogens (tertiary/aromatic N) is 1. The first-order valence-corrected chi connectivity index (χ1v) is 7.31. The molecule has 1 aliphatic heterocycles. The van der Waals surface area contributed by atoms with Gasteiger partial charge in [0.2, 0.25) is 5.91 Å². The molecular formula is C16H24N2O2. The van der Waals surface area contributed by atoms with Gasteiger partial charge in [-0.1, -0.05) is 29.8 Å². The first-order chi connectivity index (χ1) is 9.56. The fourth-order valence-electron chi connectivity index (χ4n) is 2.48. The number of likely N-dealkylation sites (tertiary alicyclic amines) is 1. The minimum Gasteiger partial charge on any atom is -0.393 e. The summed E-state index contributed by atoms with van der Waals surface area (Å²) < 4.78 is 0. The van der Waals surface area contributed by atoms with Gasteiger partial charge in [0.05, 0.1) is 12.1 Å². The van der Waals surface area contributed by atoms with Crippen molar-refractivity contribution in [2.75, 3.05) is 13.1 Å². The first kappa shape index (κ1) is 15.0. The maximum atomic E-state index is 12.1. The van der Waals surface area contributed by atoms with Crippen molar-refractivity contribution < 1.29 is 9.90 Å². The number of hydrogen-bond acceptors (Lipinski definition) is 3. The van der Waals surface area contributed by atoms with Crippen LogP contribution in [0.15, 0.2) is 24.3 Å². The molecule has 0 saturated carbocycles. The summed E-state index contributed by atoms with van der Waals surface area (Å²) in [7, 11) is 0. The van der Waals surface area contributed by atoms with Crippen LogP contribution in [0.5, 0.6) is 0 Å². The standard InChI is InChI=1S/C16H24N2O2/c1-12-3-5-14(6-4-12)11-17-16(20)13(2)18-9-7-15(19)8-10-18/h3-6,13,15,19H,7-11H2,1-2H3,(H,17,20). The van der Waals surface area contributed by atoms with Gasteiger partial charge in [0.25, 0.3) is 0 Å². The van der Waals surface area contributed by atoms with Crippen LogP contribution < -0.4 is 5.32 Å². The van der Waals surface area contributed by atoms with Crippen LogP contribution >= 0.6 is 0 Å². The Morgan fingerprint density at radius 2 is 1.95 bits per heavy atom. The van der Waals surface area contributed by atoms with E-state index in [1.54, 1.807) is 0 Å². The summed E-state index contributed by atoms with van der Waals surface area (Å²) in [4.78, 5) is 14.3. The van der Waals surface area contributed by atoms with E-state index in [2.05, 4.69) is 29.3 Å². The minimum atomic E-state index is -0.200. The van der Waals surface area contributed by atoms with Gasteiger partial charge in [-0.2, -0.15) is 0 Å². The third-order valence-corrected chi connectivity index (χ3v) is 4.01. The molecule has 4 heteroatoms. The van der Waals surface area contributed by atoms with Crippen LogP contribution in [0.3, 0.4) is 0 Å². The molecule has 2 N–H and O–H groups in total. The molecule has 1 heterocycles. The van der Waals surface area contributed by atoms with Crippen molar-refractivity contribution in [3.63, 3.8) is 0 Å². The zero-order valence-electron chi connectivity index (χ0n) is 12.3. The predicted molar refractivity (Wildman–Crippen MR) is 79.3 cm³/mol. The van der Waals surface area contributed by atoms with Gasteiger partial charge in [-0.3, -0.25) is 9.69 Å². The Hall–Kier alpha value is -1.39. The fourth-order valence-corrected chi connectivity index (χ4v) is 2.48. The Bertz CT molecular complexity index is 436. The molecule has 4 nitrogen and oxygen atoms in total. The number of carbonyl (C=O) groups excluding carboxylic acids is 1. The van der Waals surface area contributed by atoms with Crippen LogP contribution in [-0.2, 0) is 11.3 Å². The summed E-state index contributed by atoms with van der Waals surface area (Å²) in [6.45, 7) is 6.14. The quantitative estimate of drug-likeness (QED) is 0.875. The zero-order valence-corrected chi connectivity index (χ0v) is 12.3. The average molecular weight is 276 g/mol.